The van der Waals surface area contributed by atoms with Crippen molar-refractivity contribution in [3.05, 3.63) is 46.2 Å². The largest absolute Gasteiger partial charge is 0.356 e. The van der Waals surface area contributed by atoms with Crippen LogP contribution in [0.25, 0.3) is 0 Å². The number of halogens is 1. The molecule has 0 aliphatic heterocycles. The summed E-state index contributed by atoms with van der Waals surface area (Å²) in [6, 6.07) is 6.66. The molecular formula is C14H16BrN3O3S. The number of sulfonamides is 1. The van der Waals surface area contributed by atoms with Crippen molar-refractivity contribution >= 4 is 43.2 Å². The van der Waals surface area contributed by atoms with Crippen LogP contribution in [0.1, 0.15) is 23.0 Å². The number of amides is 1. The SMILES string of the molecule is CCS(=O)(=O)Nc1ccc(NC(=O)c2cc(Br)c[nH]2)cc1C. The van der Waals surface area contributed by atoms with E-state index in [4.69, 9.17) is 0 Å². The van der Waals surface area contributed by atoms with Crippen LogP contribution >= 0.6 is 15.9 Å². The Morgan fingerprint density at radius 3 is 2.59 bits per heavy atom. The summed E-state index contributed by atoms with van der Waals surface area (Å²) in [6.07, 6.45) is 1.67. The number of aromatic nitrogens is 1. The minimum absolute atomic E-state index is 0.00658. The van der Waals surface area contributed by atoms with E-state index in [1.807, 2.05) is 0 Å². The zero-order valence-corrected chi connectivity index (χ0v) is 14.5. The summed E-state index contributed by atoms with van der Waals surface area (Å²) in [5, 5.41) is 2.75. The van der Waals surface area contributed by atoms with Crippen molar-refractivity contribution in [3.8, 4) is 0 Å². The number of H-pyrrole nitrogens is 1. The van der Waals surface area contributed by atoms with E-state index in [0.29, 0.717) is 17.1 Å². The van der Waals surface area contributed by atoms with Crippen LogP contribution in [0.5, 0.6) is 0 Å². The predicted octanol–water partition coefficient (Wildman–Crippen LogP) is 3.10. The van der Waals surface area contributed by atoms with Gasteiger partial charge in [-0.1, -0.05) is 0 Å². The van der Waals surface area contributed by atoms with E-state index in [9.17, 15) is 13.2 Å². The standard InChI is InChI=1S/C14H16BrN3O3S/c1-3-22(20,21)18-12-5-4-11(6-9(12)2)17-14(19)13-7-10(15)8-16-13/h4-8,16,18H,3H2,1-2H3,(H,17,19). The first kappa shape index (κ1) is 16.6. The first-order chi connectivity index (χ1) is 10.3. The number of carbonyl (C=O) groups is 1. The molecule has 6 nitrogen and oxygen atoms in total. The first-order valence-corrected chi connectivity index (χ1v) is 9.01. The van der Waals surface area contributed by atoms with Gasteiger partial charge in [-0.2, -0.15) is 0 Å². The third-order valence-electron chi connectivity index (χ3n) is 3.02. The quantitative estimate of drug-likeness (QED) is 0.738. The lowest BCUT2D eigenvalue weighted by molar-refractivity contribution is 0.102. The molecule has 1 aromatic heterocycles. The van der Waals surface area contributed by atoms with Crippen LogP contribution in [0, 0.1) is 6.92 Å². The Hall–Kier alpha value is -1.80. The molecule has 1 aromatic carbocycles. The van der Waals surface area contributed by atoms with Gasteiger partial charge < -0.3 is 10.3 Å². The highest BCUT2D eigenvalue weighted by molar-refractivity contribution is 9.10. The Morgan fingerprint density at radius 2 is 2.05 bits per heavy atom. The average Bonchev–Trinajstić information content (AvgIpc) is 2.88. The van der Waals surface area contributed by atoms with Crippen LogP contribution in [0.4, 0.5) is 11.4 Å². The molecule has 0 bridgehead atoms. The van der Waals surface area contributed by atoms with E-state index >= 15 is 0 Å². The van der Waals surface area contributed by atoms with Gasteiger partial charge in [0.05, 0.1) is 11.4 Å². The fraction of sp³-hybridized carbons (Fsp3) is 0.214. The lowest BCUT2D eigenvalue weighted by Crippen LogP contribution is -2.16. The Labute approximate surface area is 137 Å². The molecule has 0 aliphatic carbocycles. The lowest BCUT2D eigenvalue weighted by atomic mass is 10.2. The molecule has 1 amide bonds. The van der Waals surface area contributed by atoms with Crippen molar-refractivity contribution in [2.24, 2.45) is 0 Å². The van der Waals surface area contributed by atoms with Crippen molar-refractivity contribution in [2.45, 2.75) is 13.8 Å². The maximum atomic E-state index is 12.0. The van der Waals surface area contributed by atoms with Gasteiger partial charge in [0.25, 0.3) is 5.91 Å². The molecular weight excluding hydrogens is 370 g/mol. The van der Waals surface area contributed by atoms with Gasteiger partial charge in [-0.15, -0.1) is 0 Å². The van der Waals surface area contributed by atoms with Gasteiger partial charge in [-0.25, -0.2) is 8.42 Å². The lowest BCUT2D eigenvalue weighted by Gasteiger charge is -2.11. The zero-order chi connectivity index (χ0) is 16.3. The van der Waals surface area contributed by atoms with Crippen LogP contribution in [-0.4, -0.2) is 25.1 Å². The molecule has 2 aromatic rings. The third-order valence-corrected chi connectivity index (χ3v) is 4.77. The van der Waals surface area contributed by atoms with Crippen LogP contribution in [0.2, 0.25) is 0 Å². The second kappa shape index (κ2) is 6.53. The number of rotatable bonds is 5. The van der Waals surface area contributed by atoms with Crippen molar-refractivity contribution in [1.29, 1.82) is 0 Å². The number of anilines is 2. The zero-order valence-electron chi connectivity index (χ0n) is 12.1. The summed E-state index contributed by atoms with van der Waals surface area (Å²) in [6.45, 7) is 3.34. The third kappa shape index (κ3) is 4.11. The van der Waals surface area contributed by atoms with E-state index in [0.717, 1.165) is 10.0 Å². The molecule has 2 rings (SSSR count). The molecule has 8 heteroatoms. The first-order valence-electron chi connectivity index (χ1n) is 6.57. The van der Waals surface area contributed by atoms with Crippen LogP contribution < -0.4 is 10.0 Å². The molecule has 0 unspecified atom stereocenters. The van der Waals surface area contributed by atoms with Gasteiger partial charge in [-0.3, -0.25) is 9.52 Å². The number of nitrogens with one attached hydrogen (secondary N) is 3. The van der Waals surface area contributed by atoms with E-state index < -0.39 is 10.0 Å². The van der Waals surface area contributed by atoms with Gasteiger partial charge in [0, 0.05) is 16.4 Å². The summed E-state index contributed by atoms with van der Waals surface area (Å²) in [5.41, 5.74) is 2.25. The molecule has 0 fully saturated rings. The number of aromatic amines is 1. The van der Waals surface area contributed by atoms with Gasteiger partial charge >= 0.3 is 0 Å². The minimum atomic E-state index is -3.32. The summed E-state index contributed by atoms with van der Waals surface area (Å²) >= 11 is 3.27. The Bertz CT molecular complexity index is 799. The van der Waals surface area contributed by atoms with E-state index in [2.05, 4.69) is 31.0 Å². The van der Waals surface area contributed by atoms with Gasteiger partial charge in [0.1, 0.15) is 5.69 Å². The van der Waals surface area contributed by atoms with Gasteiger partial charge in [0.15, 0.2) is 0 Å². The number of aryl methyl sites for hydroxylation is 1. The Balaban J connectivity index is 2.14. The molecule has 22 heavy (non-hydrogen) atoms. The van der Waals surface area contributed by atoms with Crippen LogP contribution in [0.15, 0.2) is 34.9 Å². The fourth-order valence-corrected chi connectivity index (χ4v) is 2.84. The van der Waals surface area contributed by atoms with E-state index in [1.54, 1.807) is 44.3 Å². The average molecular weight is 386 g/mol. The normalized spacial score (nSPS) is 11.2. The highest BCUT2D eigenvalue weighted by atomic mass is 79.9. The van der Waals surface area contributed by atoms with Crippen LogP contribution in [-0.2, 0) is 10.0 Å². The number of carbonyl (C=O) groups excluding carboxylic acids is 1. The smallest absolute Gasteiger partial charge is 0.272 e. The highest BCUT2D eigenvalue weighted by Gasteiger charge is 2.11. The van der Waals surface area contributed by atoms with Crippen molar-refractivity contribution in [2.75, 3.05) is 15.8 Å². The summed E-state index contributed by atoms with van der Waals surface area (Å²) in [4.78, 5) is 14.9. The predicted molar refractivity (Wildman–Crippen MR) is 90.7 cm³/mol. The molecule has 1 heterocycles. The van der Waals surface area contributed by atoms with E-state index in [1.165, 1.54) is 0 Å². The summed E-state index contributed by atoms with van der Waals surface area (Å²) in [5.74, 6) is -0.265. The van der Waals surface area contributed by atoms with Crippen molar-refractivity contribution in [3.63, 3.8) is 0 Å². The van der Waals surface area contributed by atoms with Gasteiger partial charge in [-0.05, 0) is 59.6 Å². The minimum Gasteiger partial charge on any atom is -0.356 e. The second-order valence-electron chi connectivity index (χ2n) is 4.72. The summed E-state index contributed by atoms with van der Waals surface area (Å²) < 4.78 is 26.5. The van der Waals surface area contributed by atoms with Crippen molar-refractivity contribution < 1.29 is 13.2 Å². The molecule has 0 aliphatic rings. The number of hydrogen-bond donors (Lipinski definition) is 3. The van der Waals surface area contributed by atoms with Crippen LogP contribution in [0.3, 0.4) is 0 Å². The maximum Gasteiger partial charge on any atom is 0.272 e. The molecule has 118 valence electrons. The molecule has 0 radical (unpaired) electrons. The maximum absolute atomic E-state index is 12.0. The molecule has 0 atom stereocenters. The highest BCUT2D eigenvalue weighted by Crippen LogP contribution is 2.21. The molecule has 0 saturated carbocycles. The van der Waals surface area contributed by atoms with E-state index in [-0.39, 0.29) is 11.7 Å². The topological polar surface area (TPSA) is 91.1 Å². The Morgan fingerprint density at radius 1 is 1.32 bits per heavy atom. The van der Waals surface area contributed by atoms with Crippen molar-refractivity contribution in [1.82, 2.24) is 4.98 Å². The molecule has 0 saturated heterocycles. The van der Waals surface area contributed by atoms with Gasteiger partial charge in [0.2, 0.25) is 10.0 Å². The molecule has 0 spiro atoms. The Kier molecular flexibility index (Phi) is 4.92. The number of hydrogen-bond acceptors (Lipinski definition) is 3. The fourth-order valence-electron chi connectivity index (χ4n) is 1.79. The molecule has 3 N–H and O–H groups in total. The number of benzene rings is 1. The monoisotopic (exact) mass is 385 g/mol. The summed E-state index contributed by atoms with van der Waals surface area (Å²) in [7, 11) is -3.32. The second-order valence-corrected chi connectivity index (χ2v) is 7.65.